The van der Waals surface area contributed by atoms with Crippen molar-refractivity contribution in [2.75, 3.05) is 46.1 Å². The average molecular weight is 1450 g/mol. The van der Waals surface area contributed by atoms with Gasteiger partial charge in [-0.25, -0.2) is 4.79 Å². The predicted octanol–water partition coefficient (Wildman–Crippen LogP) is -7.76. The van der Waals surface area contributed by atoms with Crippen molar-refractivity contribution in [2.45, 2.75) is 204 Å². The van der Waals surface area contributed by atoms with Gasteiger partial charge in [-0.1, -0.05) is 71.9 Å². The fraction of sp³-hybridized carbons (Fsp3) is 0.656. The van der Waals surface area contributed by atoms with Gasteiger partial charge < -0.3 is 116 Å². The second kappa shape index (κ2) is 42.6. The maximum atomic E-state index is 14.5. The molecule has 0 saturated carbocycles. The van der Waals surface area contributed by atoms with Crippen molar-refractivity contribution in [1.29, 1.82) is 0 Å². The summed E-state index contributed by atoms with van der Waals surface area (Å²) in [7, 11) is 0. The number of amides is 13. The molecular formula is C64H103N17O21. The number of aliphatic carboxylic acids is 2. The molecule has 0 spiro atoms. The second-order valence-electron chi connectivity index (χ2n) is 26.1. The standard InChI is InChI=1S/C64H103N17O21/c1-31(2)25-41(63(101)102)74-50(88)35(8)70-57(95)45-18-14-24-81(45)62(100)44(30-85)77-51(89)34(7)69-55(93)42(28-83)75-54(92)40(26-36-15-10-9-11-16-36)73-60(98)49(33(5)6)78-53(91)38(17-12-22-68-64(66)67)71-52(90)39(20-21-47(86)87)72-59(97)48(32(3)4)79-56(94)43(29-84)76-58(96)46-19-13-23-80(46)61(99)37(65)27-82/h9-11,15-16,31-35,37-46,48-49,82-85H,12-14,17-30,65H2,1-8H3,(H,69,93)(H,70,95)(H,71,90)(H,72,97)(H,73,98)(H,74,88)(H,75,92)(H,76,96)(H,77,89)(H,78,91)(H,79,94)(H,86,87)(H,101,102)(H4,66,67,68). The van der Waals surface area contributed by atoms with Crippen LogP contribution in [0.2, 0.25) is 0 Å². The third-order valence-electron chi connectivity index (χ3n) is 16.7. The van der Waals surface area contributed by atoms with E-state index in [0.29, 0.717) is 18.4 Å². The highest BCUT2D eigenvalue weighted by Crippen LogP contribution is 2.21. The number of nitrogens with zero attached hydrogens (tertiary/aromatic N) is 3. The highest BCUT2D eigenvalue weighted by Gasteiger charge is 2.42. The van der Waals surface area contributed by atoms with Gasteiger partial charge in [-0.15, -0.1) is 0 Å². The molecule has 2 aliphatic rings. The summed E-state index contributed by atoms with van der Waals surface area (Å²) in [5.41, 5.74) is 17.2. The van der Waals surface area contributed by atoms with Crippen molar-refractivity contribution in [3.05, 3.63) is 35.9 Å². The smallest absolute Gasteiger partial charge is 0.326 e. The molecule has 14 unspecified atom stereocenters. The first-order valence-corrected chi connectivity index (χ1v) is 33.7. The lowest BCUT2D eigenvalue weighted by Gasteiger charge is -2.30. The molecule has 570 valence electrons. The van der Waals surface area contributed by atoms with Gasteiger partial charge in [-0.2, -0.15) is 0 Å². The highest BCUT2D eigenvalue weighted by atomic mass is 16.4. The molecule has 2 fully saturated rings. The molecule has 23 N–H and O–H groups in total. The van der Waals surface area contributed by atoms with Crippen LogP contribution in [-0.2, 0) is 78.3 Å². The van der Waals surface area contributed by atoms with E-state index in [2.05, 4.69) is 63.5 Å². The van der Waals surface area contributed by atoms with E-state index >= 15 is 0 Å². The number of carboxylic acids is 2. The van der Waals surface area contributed by atoms with Gasteiger partial charge in [0.15, 0.2) is 5.96 Å². The molecule has 0 radical (unpaired) electrons. The SMILES string of the molecule is CC(C)CC(NC(=O)C(C)NC(=O)C1CCCN1C(=O)C(CO)NC(=O)C(C)NC(=O)C(CO)NC(=O)C(Cc1ccccc1)NC(=O)C(NC(=O)C(CCCN=C(N)N)NC(=O)C(CCC(=O)O)NC(=O)C(NC(=O)C(CO)NC(=O)C1CCCN1C(=O)C(N)CO)C(C)C)C(C)C)C(=O)O. The maximum absolute atomic E-state index is 14.5. The first-order valence-electron chi connectivity index (χ1n) is 33.7. The molecule has 14 atom stereocenters. The van der Waals surface area contributed by atoms with E-state index in [-0.39, 0.29) is 70.0 Å². The summed E-state index contributed by atoms with van der Waals surface area (Å²) in [6.07, 6.45) is -0.737. The molecule has 1 aromatic carbocycles. The van der Waals surface area contributed by atoms with Crippen LogP contribution in [0.4, 0.5) is 0 Å². The molecule has 1 aromatic rings. The summed E-state index contributed by atoms with van der Waals surface area (Å²) >= 11 is 0. The van der Waals surface area contributed by atoms with Gasteiger partial charge in [0.2, 0.25) is 76.8 Å². The molecule has 38 nitrogen and oxygen atoms in total. The molecule has 102 heavy (non-hydrogen) atoms. The topological polar surface area (TPSA) is 607 Å². The van der Waals surface area contributed by atoms with Crippen molar-refractivity contribution < 1.29 is 103 Å². The summed E-state index contributed by atoms with van der Waals surface area (Å²) in [6, 6.07) is -12.6. The van der Waals surface area contributed by atoms with Crippen molar-refractivity contribution in [1.82, 2.24) is 68.3 Å². The van der Waals surface area contributed by atoms with E-state index in [4.69, 9.17) is 17.2 Å². The first-order chi connectivity index (χ1) is 48.0. The quantitative estimate of drug-likeness (QED) is 0.0164. The lowest BCUT2D eigenvalue weighted by molar-refractivity contribution is -0.144. The van der Waals surface area contributed by atoms with Crippen molar-refractivity contribution in [2.24, 2.45) is 39.9 Å². The zero-order valence-electron chi connectivity index (χ0n) is 58.6. The van der Waals surface area contributed by atoms with Gasteiger partial charge in [0.1, 0.15) is 84.6 Å². The molecule has 13 amide bonds. The van der Waals surface area contributed by atoms with Gasteiger partial charge in [0.25, 0.3) is 0 Å². The Bertz CT molecular complexity index is 3120. The number of carbonyl (C=O) groups excluding carboxylic acids is 13. The van der Waals surface area contributed by atoms with Gasteiger partial charge in [0.05, 0.1) is 26.4 Å². The Morgan fingerprint density at radius 3 is 1.39 bits per heavy atom. The minimum Gasteiger partial charge on any atom is -0.481 e. The van der Waals surface area contributed by atoms with Crippen molar-refractivity contribution >= 4 is 94.7 Å². The van der Waals surface area contributed by atoms with E-state index < -0.39 is 224 Å². The number of hydrogen-bond donors (Lipinski definition) is 20. The summed E-state index contributed by atoms with van der Waals surface area (Å²) in [4.78, 5) is 209. The molecule has 2 heterocycles. The lowest BCUT2D eigenvalue weighted by Crippen LogP contribution is -2.62. The number of carboxylic acid groups (broad SMARTS) is 2. The van der Waals surface area contributed by atoms with Gasteiger partial charge >= 0.3 is 11.9 Å². The number of aliphatic hydroxyl groups is 4. The minimum atomic E-state index is -1.81. The second-order valence-corrected chi connectivity index (χ2v) is 26.1. The van der Waals surface area contributed by atoms with Gasteiger partial charge in [0, 0.05) is 32.5 Å². The molecule has 38 heteroatoms. The van der Waals surface area contributed by atoms with Crippen LogP contribution in [0.15, 0.2) is 35.3 Å². The van der Waals surface area contributed by atoms with Crippen LogP contribution < -0.4 is 75.7 Å². The molecule has 0 aromatic heterocycles. The Balaban J connectivity index is 1.82. The van der Waals surface area contributed by atoms with E-state index in [1.807, 2.05) is 0 Å². The number of carbonyl (C=O) groups is 15. The van der Waals surface area contributed by atoms with Crippen LogP contribution in [0, 0.1) is 17.8 Å². The number of guanidine groups is 1. The van der Waals surface area contributed by atoms with E-state index in [0.717, 1.165) is 9.80 Å². The monoisotopic (exact) mass is 1450 g/mol. The molecule has 0 bridgehead atoms. The number of nitrogens with two attached hydrogens (primary N) is 3. The molecule has 2 saturated heterocycles. The molecule has 2 aliphatic heterocycles. The van der Waals surface area contributed by atoms with Crippen LogP contribution in [0.5, 0.6) is 0 Å². The van der Waals surface area contributed by atoms with Gasteiger partial charge in [-0.3, -0.25) is 72.1 Å². The fourth-order valence-corrected chi connectivity index (χ4v) is 11.0. The van der Waals surface area contributed by atoms with Crippen LogP contribution in [0.1, 0.15) is 119 Å². The predicted molar refractivity (Wildman–Crippen MR) is 362 cm³/mol. The normalized spacial score (nSPS) is 17.8. The summed E-state index contributed by atoms with van der Waals surface area (Å²) in [5, 5.41) is 86.3. The van der Waals surface area contributed by atoms with E-state index in [1.54, 1.807) is 44.2 Å². The Labute approximate surface area is 589 Å². The average Bonchev–Trinajstić information content (AvgIpc) is 1.58. The molecule has 3 rings (SSSR count). The lowest BCUT2D eigenvalue weighted by atomic mass is 9.99. The Morgan fingerprint density at radius 1 is 0.480 bits per heavy atom. The van der Waals surface area contributed by atoms with Gasteiger partial charge in [-0.05, 0) is 88.5 Å². The zero-order chi connectivity index (χ0) is 76.8. The number of hydrogen-bond acceptors (Lipinski definition) is 21. The summed E-state index contributed by atoms with van der Waals surface area (Å²) in [5.74, 6) is -17.1. The zero-order valence-corrected chi connectivity index (χ0v) is 58.6. The minimum absolute atomic E-state index is 0.00265. The van der Waals surface area contributed by atoms with E-state index in [1.165, 1.54) is 41.5 Å². The maximum Gasteiger partial charge on any atom is 0.326 e. The summed E-state index contributed by atoms with van der Waals surface area (Å²) < 4.78 is 0. The van der Waals surface area contributed by atoms with E-state index in [9.17, 15) is 103 Å². The van der Waals surface area contributed by atoms with Crippen molar-refractivity contribution in [3.63, 3.8) is 0 Å². The number of nitrogens with one attached hydrogen (secondary N) is 11. The van der Waals surface area contributed by atoms with Crippen molar-refractivity contribution in [3.8, 4) is 0 Å². The third kappa shape index (κ3) is 27.4. The van der Waals surface area contributed by atoms with Crippen LogP contribution in [0.3, 0.4) is 0 Å². The molecular weight excluding hydrogens is 1340 g/mol. The number of aliphatic hydroxyl groups excluding tert-OH is 4. The number of rotatable bonds is 42. The number of likely N-dealkylation sites (tertiary alicyclic amines) is 2. The number of aliphatic imine (C=N–C) groups is 1. The van der Waals surface area contributed by atoms with Crippen LogP contribution in [-0.4, -0.2) is 266 Å². The number of benzene rings is 1. The van der Waals surface area contributed by atoms with Crippen LogP contribution >= 0.6 is 0 Å². The summed E-state index contributed by atoms with van der Waals surface area (Å²) in [6.45, 7) is 8.36. The fourth-order valence-electron chi connectivity index (χ4n) is 11.0. The Hall–Kier alpha value is -9.66. The Morgan fingerprint density at radius 2 is 0.902 bits per heavy atom. The third-order valence-corrected chi connectivity index (χ3v) is 16.7. The molecule has 0 aliphatic carbocycles. The largest absolute Gasteiger partial charge is 0.481 e. The highest BCUT2D eigenvalue weighted by molar-refractivity contribution is 6.00. The Kier molecular flexibility index (Phi) is 36.1. The van der Waals surface area contributed by atoms with Crippen LogP contribution in [0.25, 0.3) is 0 Å². The first kappa shape index (κ1) is 86.6.